The molecule has 0 aromatic rings. The van der Waals surface area contributed by atoms with Gasteiger partial charge in [0.05, 0.1) is 0 Å². The fourth-order valence-electron chi connectivity index (χ4n) is 4.30. The van der Waals surface area contributed by atoms with Gasteiger partial charge in [0, 0.05) is 24.5 Å². The summed E-state index contributed by atoms with van der Waals surface area (Å²) >= 11 is 0. The molecule has 0 bridgehead atoms. The second-order valence-corrected chi connectivity index (χ2v) is 7.57. The van der Waals surface area contributed by atoms with Crippen LogP contribution in [0.4, 0.5) is 0 Å². The SMILES string of the molecule is CC(C)CC1(C(=O)N2CCC(C(C)N)CC2)CCCC1. The standard InChI is InChI=1S/C17H32N2O/c1-13(2)12-17(8-4-5-9-17)16(20)19-10-6-15(7-11-19)14(3)18/h13-15H,4-12,18H2,1-3H3. The molecule has 1 aliphatic carbocycles. The van der Waals surface area contributed by atoms with E-state index in [1.165, 1.54) is 12.8 Å². The summed E-state index contributed by atoms with van der Waals surface area (Å²) in [6.45, 7) is 8.43. The first-order valence-corrected chi connectivity index (χ1v) is 8.49. The first kappa shape index (κ1) is 15.8. The smallest absolute Gasteiger partial charge is 0.228 e. The Balaban J connectivity index is 1.99. The molecule has 1 saturated carbocycles. The molecule has 1 aliphatic heterocycles. The lowest BCUT2D eigenvalue weighted by molar-refractivity contribution is -0.144. The van der Waals surface area contributed by atoms with Gasteiger partial charge in [-0.15, -0.1) is 0 Å². The van der Waals surface area contributed by atoms with Crippen LogP contribution in [0.1, 0.15) is 65.7 Å². The molecule has 0 radical (unpaired) electrons. The summed E-state index contributed by atoms with van der Waals surface area (Å²) in [6.07, 6.45) is 7.92. The molecule has 1 atom stereocenters. The van der Waals surface area contributed by atoms with E-state index in [2.05, 4.69) is 25.7 Å². The van der Waals surface area contributed by atoms with E-state index in [1.807, 2.05) is 0 Å². The number of rotatable bonds is 4. The van der Waals surface area contributed by atoms with Crippen molar-refractivity contribution in [2.45, 2.75) is 71.8 Å². The highest BCUT2D eigenvalue weighted by Gasteiger charge is 2.44. The van der Waals surface area contributed by atoms with Crippen LogP contribution in [0.3, 0.4) is 0 Å². The second kappa shape index (κ2) is 6.46. The molecule has 1 saturated heterocycles. The van der Waals surface area contributed by atoms with Crippen molar-refractivity contribution in [3.63, 3.8) is 0 Å². The first-order chi connectivity index (χ1) is 9.44. The second-order valence-electron chi connectivity index (χ2n) is 7.57. The summed E-state index contributed by atoms with van der Waals surface area (Å²) in [5.41, 5.74) is 5.97. The topological polar surface area (TPSA) is 46.3 Å². The zero-order valence-electron chi connectivity index (χ0n) is 13.5. The van der Waals surface area contributed by atoms with Crippen molar-refractivity contribution in [1.82, 2.24) is 4.90 Å². The van der Waals surface area contributed by atoms with E-state index in [-0.39, 0.29) is 11.5 Å². The van der Waals surface area contributed by atoms with Gasteiger partial charge in [-0.1, -0.05) is 26.7 Å². The molecule has 0 aromatic carbocycles. The van der Waals surface area contributed by atoms with E-state index in [9.17, 15) is 4.79 Å². The summed E-state index contributed by atoms with van der Waals surface area (Å²) in [6, 6.07) is 0.267. The molecule has 2 N–H and O–H groups in total. The molecule has 2 fully saturated rings. The van der Waals surface area contributed by atoms with Crippen LogP contribution < -0.4 is 5.73 Å². The molecular formula is C17H32N2O. The summed E-state index contributed by atoms with van der Waals surface area (Å²) in [4.78, 5) is 15.2. The van der Waals surface area contributed by atoms with Crippen molar-refractivity contribution in [3.05, 3.63) is 0 Å². The minimum atomic E-state index is -0.0324. The van der Waals surface area contributed by atoms with Crippen LogP contribution >= 0.6 is 0 Å². The van der Waals surface area contributed by atoms with Crippen molar-refractivity contribution in [1.29, 1.82) is 0 Å². The molecule has 1 unspecified atom stereocenters. The molecule has 20 heavy (non-hydrogen) atoms. The van der Waals surface area contributed by atoms with Crippen LogP contribution in [0.5, 0.6) is 0 Å². The molecule has 2 rings (SSSR count). The van der Waals surface area contributed by atoms with Crippen molar-refractivity contribution in [2.24, 2.45) is 23.0 Å². The highest BCUT2D eigenvalue weighted by Crippen LogP contribution is 2.45. The Bertz CT molecular complexity index is 324. The van der Waals surface area contributed by atoms with Crippen LogP contribution in [0.25, 0.3) is 0 Å². The number of carbonyl (C=O) groups excluding carboxylic acids is 1. The quantitative estimate of drug-likeness (QED) is 0.859. The third-order valence-corrected chi connectivity index (χ3v) is 5.38. The number of nitrogens with zero attached hydrogens (tertiary/aromatic N) is 1. The van der Waals surface area contributed by atoms with Crippen molar-refractivity contribution in [3.8, 4) is 0 Å². The molecule has 0 spiro atoms. The van der Waals surface area contributed by atoms with E-state index in [0.29, 0.717) is 17.7 Å². The van der Waals surface area contributed by atoms with Crippen molar-refractivity contribution < 1.29 is 4.79 Å². The number of hydrogen-bond donors (Lipinski definition) is 1. The van der Waals surface area contributed by atoms with E-state index >= 15 is 0 Å². The van der Waals surface area contributed by atoms with Gasteiger partial charge in [-0.05, 0) is 50.9 Å². The van der Waals surface area contributed by atoms with E-state index in [0.717, 1.165) is 45.2 Å². The fourth-order valence-corrected chi connectivity index (χ4v) is 4.30. The third kappa shape index (κ3) is 3.36. The zero-order chi connectivity index (χ0) is 14.8. The lowest BCUT2D eigenvalue weighted by Crippen LogP contribution is -2.48. The molecule has 2 aliphatic rings. The predicted octanol–water partition coefficient (Wildman–Crippen LogP) is 3.18. The Morgan fingerprint density at radius 3 is 2.20 bits per heavy atom. The molecule has 3 heteroatoms. The van der Waals surface area contributed by atoms with Crippen LogP contribution in [0.2, 0.25) is 0 Å². The Hall–Kier alpha value is -0.570. The Morgan fingerprint density at radius 1 is 1.20 bits per heavy atom. The van der Waals surface area contributed by atoms with Gasteiger partial charge >= 0.3 is 0 Å². The lowest BCUT2D eigenvalue weighted by Gasteiger charge is -2.40. The number of hydrogen-bond acceptors (Lipinski definition) is 2. The molecule has 116 valence electrons. The van der Waals surface area contributed by atoms with E-state index < -0.39 is 0 Å². The average Bonchev–Trinajstić information content (AvgIpc) is 2.87. The number of carbonyl (C=O) groups is 1. The zero-order valence-corrected chi connectivity index (χ0v) is 13.5. The maximum Gasteiger partial charge on any atom is 0.228 e. The first-order valence-electron chi connectivity index (χ1n) is 8.49. The molecule has 1 heterocycles. The van der Waals surface area contributed by atoms with Gasteiger partial charge in [-0.25, -0.2) is 0 Å². The van der Waals surface area contributed by atoms with Gasteiger partial charge in [-0.2, -0.15) is 0 Å². The van der Waals surface area contributed by atoms with Gasteiger partial charge in [0.2, 0.25) is 5.91 Å². The van der Waals surface area contributed by atoms with Gasteiger partial charge < -0.3 is 10.6 Å². The number of piperidine rings is 1. The van der Waals surface area contributed by atoms with E-state index in [4.69, 9.17) is 5.73 Å². The minimum Gasteiger partial charge on any atom is -0.342 e. The molecular weight excluding hydrogens is 248 g/mol. The van der Waals surface area contributed by atoms with Crippen LogP contribution in [-0.2, 0) is 4.79 Å². The van der Waals surface area contributed by atoms with Crippen LogP contribution in [0.15, 0.2) is 0 Å². The maximum atomic E-state index is 13.0. The van der Waals surface area contributed by atoms with Gasteiger partial charge in [0.1, 0.15) is 0 Å². The molecule has 0 aromatic heterocycles. The van der Waals surface area contributed by atoms with Crippen molar-refractivity contribution >= 4 is 5.91 Å². The highest BCUT2D eigenvalue weighted by molar-refractivity contribution is 5.83. The Morgan fingerprint density at radius 2 is 1.75 bits per heavy atom. The Labute approximate surface area is 124 Å². The summed E-state index contributed by atoms with van der Waals surface area (Å²) in [5.74, 6) is 1.66. The average molecular weight is 280 g/mol. The monoisotopic (exact) mass is 280 g/mol. The lowest BCUT2D eigenvalue weighted by atomic mass is 9.76. The van der Waals surface area contributed by atoms with Gasteiger partial charge in [0.25, 0.3) is 0 Å². The van der Waals surface area contributed by atoms with Gasteiger partial charge in [-0.3, -0.25) is 4.79 Å². The molecule has 3 nitrogen and oxygen atoms in total. The summed E-state index contributed by atoms with van der Waals surface area (Å²) < 4.78 is 0. The number of nitrogens with two attached hydrogens (primary N) is 1. The number of amides is 1. The van der Waals surface area contributed by atoms with Crippen LogP contribution in [-0.4, -0.2) is 29.9 Å². The summed E-state index contributed by atoms with van der Waals surface area (Å²) in [5, 5.41) is 0. The molecule has 1 amide bonds. The Kier molecular flexibility index (Phi) is 5.11. The minimum absolute atomic E-state index is 0.0324. The fraction of sp³-hybridized carbons (Fsp3) is 0.941. The van der Waals surface area contributed by atoms with Crippen molar-refractivity contribution in [2.75, 3.05) is 13.1 Å². The van der Waals surface area contributed by atoms with Gasteiger partial charge in [0.15, 0.2) is 0 Å². The normalized spacial score (nSPS) is 25.1. The highest BCUT2D eigenvalue weighted by atomic mass is 16.2. The van der Waals surface area contributed by atoms with Crippen LogP contribution in [0, 0.1) is 17.3 Å². The number of likely N-dealkylation sites (tertiary alicyclic amines) is 1. The van der Waals surface area contributed by atoms with E-state index in [1.54, 1.807) is 0 Å². The maximum absolute atomic E-state index is 13.0. The summed E-state index contributed by atoms with van der Waals surface area (Å²) in [7, 11) is 0. The third-order valence-electron chi connectivity index (χ3n) is 5.38. The largest absolute Gasteiger partial charge is 0.342 e. The predicted molar refractivity (Wildman–Crippen MR) is 83.3 cm³/mol.